The minimum absolute atomic E-state index is 0.0867. The van der Waals surface area contributed by atoms with Crippen LogP contribution in [0.1, 0.15) is 56.5 Å². The molecule has 0 fully saturated rings. The molecule has 0 radical (unpaired) electrons. The van der Waals surface area contributed by atoms with E-state index in [-0.39, 0.29) is 18.0 Å². The Morgan fingerprint density at radius 2 is 2.00 bits per heavy atom. The van der Waals surface area contributed by atoms with E-state index in [2.05, 4.69) is 39.9 Å². The van der Waals surface area contributed by atoms with E-state index in [1.165, 1.54) is 17.7 Å². The van der Waals surface area contributed by atoms with Crippen LogP contribution in [0.2, 0.25) is 5.02 Å². The van der Waals surface area contributed by atoms with Crippen LogP contribution in [0.3, 0.4) is 0 Å². The number of halogens is 2. The number of hydrogen-bond acceptors (Lipinski definition) is 5. The average Bonchev–Trinajstić information content (AvgIpc) is 3.12. The third kappa shape index (κ3) is 5.49. The van der Waals surface area contributed by atoms with Crippen LogP contribution in [0, 0.1) is 12.7 Å². The van der Waals surface area contributed by atoms with Gasteiger partial charge in [-0.3, -0.25) is 0 Å². The molecule has 2 aromatic carbocycles. The highest BCUT2D eigenvalue weighted by Crippen LogP contribution is 2.39. The Hall–Kier alpha value is -3.39. The maximum absolute atomic E-state index is 14.1. The van der Waals surface area contributed by atoms with Gasteiger partial charge in [-0.1, -0.05) is 35.0 Å². The van der Waals surface area contributed by atoms with Crippen molar-refractivity contribution < 1.29 is 13.9 Å². The van der Waals surface area contributed by atoms with Gasteiger partial charge in [0, 0.05) is 35.9 Å². The summed E-state index contributed by atoms with van der Waals surface area (Å²) in [6, 6.07) is 10.8. The molecule has 7 nitrogen and oxygen atoms in total. The molecule has 1 N–H and O–H groups in total. The molecule has 9 heteroatoms. The number of rotatable bonds is 3. The summed E-state index contributed by atoms with van der Waals surface area (Å²) in [4.78, 5) is 14.2. The number of hydrogen-bond donors (Lipinski definition) is 1. The number of fused-ring (bicyclic) bond motifs is 3. The van der Waals surface area contributed by atoms with Crippen molar-refractivity contribution in [2.24, 2.45) is 0 Å². The molecule has 0 spiro atoms. The van der Waals surface area contributed by atoms with E-state index in [0.717, 1.165) is 40.9 Å². The van der Waals surface area contributed by atoms with Gasteiger partial charge in [-0.05, 0) is 81.5 Å². The molecular weight excluding hydrogens is 493 g/mol. The number of anilines is 1. The molecule has 0 saturated heterocycles. The van der Waals surface area contributed by atoms with Gasteiger partial charge in [0.25, 0.3) is 0 Å². The highest BCUT2D eigenvalue weighted by atomic mass is 35.5. The molecule has 0 bridgehead atoms. The van der Waals surface area contributed by atoms with Crippen molar-refractivity contribution in [3.05, 3.63) is 70.1 Å². The van der Waals surface area contributed by atoms with Gasteiger partial charge < -0.3 is 15.0 Å². The maximum Gasteiger partial charge on any atom is 0.410 e. The predicted octanol–water partition coefficient (Wildman–Crippen LogP) is 6.63. The Labute approximate surface area is 221 Å². The van der Waals surface area contributed by atoms with Crippen molar-refractivity contribution in [2.75, 3.05) is 18.4 Å². The van der Waals surface area contributed by atoms with Crippen molar-refractivity contribution in [3.63, 3.8) is 0 Å². The van der Waals surface area contributed by atoms with Crippen molar-refractivity contribution in [1.82, 2.24) is 19.9 Å². The van der Waals surface area contributed by atoms with Gasteiger partial charge in [-0.25, -0.2) is 13.9 Å². The molecule has 0 aliphatic carbocycles. The number of nitrogens with one attached hydrogen (secondary N) is 1. The lowest BCUT2D eigenvalue weighted by atomic mass is 9.90. The number of carbonyl (C=O) groups excluding carboxylic acids is 1. The van der Waals surface area contributed by atoms with E-state index in [1.54, 1.807) is 11.0 Å². The van der Waals surface area contributed by atoms with Gasteiger partial charge >= 0.3 is 6.09 Å². The zero-order chi connectivity index (χ0) is 26.3. The minimum atomic E-state index is -0.522. The number of aryl methyl sites for hydroxylation is 2. The van der Waals surface area contributed by atoms with Crippen molar-refractivity contribution >= 4 is 29.0 Å². The summed E-state index contributed by atoms with van der Waals surface area (Å²) in [5.41, 5.74) is 6.41. The fourth-order valence-electron chi connectivity index (χ4n) is 4.98. The molecule has 1 aromatic heterocycles. The van der Waals surface area contributed by atoms with Crippen LogP contribution in [0.25, 0.3) is 16.8 Å². The van der Waals surface area contributed by atoms with Crippen LogP contribution in [0.4, 0.5) is 14.9 Å². The van der Waals surface area contributed by atoms with Crippen LogP contribution in [-0.2, 0) is 11.3 Å². The zero-order valence-corrected chi connectivity index (χ0v) is 22.3. The van der Waals surface area contributed by atoms with Crippen LogP contribution < -0.4 is 5.32 Å². The highest BCUT2D eigenvalue weighted by molar-refractivity contribution is 6.30. The van der Waals surface area contributed by atoms with Crippen molar-refractivity contribution in [2.45, 2.75) is 58.7 Å². The fourth-order valence-corrected chi connectivity index (χ4v) is 5.20. The Morgan fingerprint density at radius 1 is 1.19 bits per heavy atom. The molecule has 5 rings (SSSR count). The molecule has 1 atom stereocenters. The Balaban J connectivity index is 1.47. The number of nitrogens with zero attached hydrogens (tertiary/aromatic N) is 4. The monoisotopic (exact) mass is 523 g/mol. The molecule has 1 unspecified atom stereocenters. The topological polar surface area (TPSA) is 72.3 Å². The third-order valence-corrected chi connectivity index (χ3v) is 6.87. The van der Waals surface area contributed by atoms with Gasteiger partial charge in [0.2, 0.25) is 0 Å². The lowest BCUT2D eigenvalue weighted by Gasteiger charge is -2.30. The summed E-state index contributed by atoms with van der Waals surface area (Å²) in [7, 11) is 0. The molecule has 3 heterocycles. The number of amides is 1. The summed E-state index contributed by atoms with van der Waals surface area (Å²) in [5.74, 6) is -0.382. The fraction of sp³-hybridized carbons (Fsp3) is 0.393. The molecular formula is C28H31ClFN5O2. The largest absolute Gasteiger partial charge is 0.444 e. The van der Waals surface area contributed by atoms with E-state index in [9.17, 15) is 9.18 Å². The molecule has 0 saturated carbocycles. The minimum Gasteiger partial charge on any atom is -0.444 e. The molecule has 1 amide bonds. The van der Waals surface area contributed by atoms with Crippen LogP contribution in [0.15, 0.2) is 42.5 Å². The lowest BCUT2D eigenvalue weighted by molar-refractivity contribution is 0.0270. The molecule has 37 heavy (non-hydrogen) atoms. The van der Waals surface area contributed by atoms with Gasteiger partial charge in [-0.15, -0.1) is 5.10 Å². The zero-order valence-electron chi connectivity index (χ0n) is 21.5. The predicted molar refractivity (Wildman–Crippen MR) is 143 cm³/mol. The van der Waals surface area contributed by atoms with E-state index in [1.807, 2.05) is 32.4 Å². The van der Waals surface area contributed by atoms with E-state index >= 15 is 0 Å². The van der Waals surface area contributed by atoms with Gasteiger partial charge in [-0.2, -0.15) is 0 Å². The first-order chi connectivity index (χ1) is 17.6. The number of ether oxygens (including phenoxy) is 1. The van der Waals surface area contributed by atoms with Gasteiger partial charge in [0.05, 0.1) is 17.4 Å². The van der Waals surface area contributed by atoms with Gasteiger partial charge in [0.1, 0.15) is 11.4 Å². The molecule has 2 aliphatic heterocycles. The first-order valence-electron chi connectivity index (χ1n) is 12.5. The van der Waals surface area contributed by atoms with Crippen LogP contribution >= 0.6 is 11.6 Å². The summed E-state index contributed by atoms with van der Waals surface area (Å²) >= 11 is 6.13. The average molecular weight is 524 g/mol. The normalized spacial score (nSPS) is 17.4. The number of carbonyl (C=O) groups is 1. The second kappa shape index (κ2) is 9.82. The van der Waals surface area contributed by atoms with E-state index in [4.69, 9.17) is 16.3 Å². The first-order valence-corrected chi connectivity index (χ1v) is 12.9. The van der Waals surface area contributed by atoms with Crippen molar-refractivity contribution in [1.29, 1.82) is 0 Å². The summed E-state index contributed by atoms with van der Waals surface area (Å²) < 4.78 is 21.5. The highest BCUT2D eigenvalue weighted by Gasteiger charge is 2.28. The summed E-state index contributed by atoms with van der Waals surface area (Å²) in [6.07, 6.45) is 3.27. The summed E-state index contributed by atoms with van der Waals surface area (Å²) in [5, 5.41) is 12.5. The molecule has 194 valence electrons. The van der Waals surface area contributed by atoms with Crippen LogP contribution in [-0.4, -0.2) is 44.7 Å². The first kappa shape index (κ1) is 25.3. The second-order valence-electron chi connectivity index (χ2n) is 10.6. The van der Waals surface area contributed by atoms with E-state index < -0.39 is 5.60 Å². The number of benzene rings is 2. The number of aromatic nitrogens is 3. The molecule has 2 aliphatic rings. The maximum atomic E-state index is 14.1. The Kier molecular flexibility index (Phi) is 6.70. The Bertz CT molecular complexity index is 1360. The molecule has 3 aromatic rings. The van der Waals surface area contributed by atoms with Crippen molar-refractivity contribution in [3.8, 4) is 11.3 Å². The van der Waals surface area contributed by atoms with E-state index in [0.29, 0.717) is 30.3 Å². The SMILES string of the molecule is Cc1nnn2c1-c1ccc(C3=CCN(C(=O)OC(C)(C)C)CC3)cc1C(Nc1cc(F)cc(Cl)c1)CC2. The lowest BCUT2D eigenvalue weighted by Crippen LogP contribution is -2.39. The van der Waals surface area contributed by atoms with Crippen LogP contribution in [0.5, 0.6) is 0 Å². The second-order valence-corrected chi connectivity index (χ2v) is 11.0. The smallest absolute Gasteiger partial charge is 0.410 e. The standard InChI is InChI=1S/C28H31ClFN5O2/c1-17-26-23-6-5-19(18-7-10-34(11-8-18)27(36)37-28(2,3)4)13-24(23)25(9-12-35(26)33-32-17)31-22-15-20(29)14-21(30)16-22/h5-7,13-16,25,31H,8-12H2,1-4H3. The Morgan fingerprint density at radius 3 is 2.70 bits per heavy atom. The third-order valence-electron chi connectivity index (χ3n) is 6.65. The summed E-state index contributed by atoms with van der Waals surface area (Å²) in [6.45, 7) is 9.35. The van der Waals surface area contributed by atoms with Gasteiger partial charge in [0.15, 0.2) is 0 Å². The quantitative estimate of drug-likeness (QED) is 0.417.